The fourth-order valence-corrected chi connectivity index (χ4v) is 4.29. The van der Waals surface area contributed by atoms with Crippen LogP contribution in [0.5, 0.6) is 0 Å². The maximum atomic E-state index is 12.5. The normalized spacial score (nSPS) is 20.6. The van der Waals surface area contributed by atoms with Crippen molar-refractivity contribution < 1.29 is 9.59 Å². The Balaban J connectivity index is 1.12. The van der Waals surface area contributed by atoms with Gasteiger partial charge < -0.3 is 15.5 Å². The van der Waals surface area contributed by atoms with Crippen LogP contribution in [0.1, 0.15) is 36.5 Å². The first kappa shape index (κ1) is 22.3. The number of para-hydroxylation sites is 1. The number of hydrogen-bond donors (Lipinski definition) is 2. The van der Waals surface area contributed by atoms with E-state index in [4.69, 9.17) is 0 Å². The molecule has 2 fully saturated rings. The number of carbonyl (C=O) groups excluding carboxylic acids is 2. The molecule has 6 nitrogen and oxygen atoms in total. The quantitative estimate of drug-likeness (QED) is 0.592. The second-order valence-electron chi connectivity index (χ2n) is 9.02. The summed E-state index contributed by atoms with van der Waals surface area (Å²) < 4.78 is 0. The Morgan fingerprint density at radius 1 is 0.969 bits per heavy atom. The van der Waals surface area contributed by atoms with Crippen molar-refractivity contribution in [2.24, 2.45) is 11.8 Å². The molecule has 1 aliphatic carbocycles. The fraction of sp³-hybridized carbons (Fsp3) is 0.462. The van der Waals surface area contributed by atoms with Crippen LogP contribution in [0.25, 0.3) is 0 Å². The zero-order chi connectivity index (χ0) is 22.3. The molecule has 1 aliphatic heterocycles. The molecule has 0 spiro atoms. The van der Waals surface area contributed by atoms with Crippen molar-refractivity contribution in [3.05, 3.63) is 60.2 Å². The average molecular weight is 435 g/mol. The maximum Gasteiger partial charge on any atom is 0.251 e. The number of nitrogens with zero attached hydrogens (tertiary/aromatic N) is 2. The van der Waals surface area contributed by atoms with E-state index in [1.165, 1.54) is 5.69 Å². The van der Waals surface area contributed by atoms with Gasteiger partial charge in [-0.15, -0.1) is 0 Å². The fourth-order valence-electron chi connectivity index (χ4n) is 4.29. The van der Waals surface area contributed by atoms with Crippen LogP contribution < -0.4 is 15.5 Å². The van der Waals surface area contributed by atoms with Crippen LogP contribution in [-0.4, -0.2) is 56.0 Å². The van der Waals surface area contributed by atoms with E-state index in [9.17, 15) is 9.59 Å². The van der Waals surface area contributed by atoms with Crippen LogP contribution in [0.15, 0.2) is 54.6 Å². The number of nitrogens with one attached hydrogen (secondary N) is 2. The van der Waals surface area contributed by atoms with Gasteiger partial charge in [-0.2, -0.15) is 0 Å². The first-order chi connectivity index (χ1) is 15.6. The predicted octanol–water partition coefficient (Wildman–Crippen LogP) is 3.61. The molecule has 2 aliphatic rings. The number of unbranched alkanes of at least 4 members (excludes halogenated alkanes) is 1. The Bertz CT molecular complexity index is 909. The highest BCUT2D eigenvalue weighted by atomic mass is 16.2. The Kier molecular flexibility index (Phi) is 7.43. The Morgan fingerprint density at radius 2 is 1.72 bits per heavy atom. The van der Waals surface area contributed by atoms with Gasteiger partial charge in [0.25, 0.3) is 5.91 Å². The van der Waals surface area contributed by atoms with Gasteiger partial charge in [0.05, 0.1) is 0 Å². The van der Waals surface area contributed by atoms with Gasteiger partial charge in [-0.05, 0) is 62.1 Å². The minimum absolute atomic E-state index is 0.0552. The smallest absolute Gasteiger partial charge is 0.251 e. The third kappa shape index (κ3) is 6.10. The summed E-state index contributed by atoms with van der Waals surface area (Å²) in [5.74, 6) is 0.556. The molecule has 2 N–H and O–H groups in total. The summed E-state index contributed by atoms with van der Waals surface area (Å²) in [5.41, 5.74) is 2.58. The number of piperazine rings is 1. The molecule has 2 amide bonds. The van der Waals surface area contributed by atoms with Gasteiger partial charge in [0.1, 0.15) is 0 Å². The topological polar surface area (TPSA) is 64.7 Å². The monoisotopic (exact) mass is 434 g/mol. The molecule has 170 valence electrons. The summed E-state index contributed by atoms with van der Waals surface area (Å²) in [5, 5.41) is 5.94. The largest absolute Gasteiger partial charge is 0.369 e. The lowest BCUT2D eigenvalue weighted by atomic mass is 10.1. The summed E-state index contributed by atoms with van der Waals surface area (Å²) >= 11 is 0. The summed E-state index contributed by atoms with van der Waals surface area (Å²) in [4.78, 5) is 29.5. The standard InChI is InChI=1S/C26H34N4O2/c1-20-18-24(20)26(32)28-22-9-7-8-21(19-22)25(31)27-12-5-6-13-29-14-16-30(17-15-29)23-10-3-2-4-11-23/h2-4,7-11,19-20,24H,5-6,12-18H2,1H3,(H,27,31)(H,28,32)/t20-,24+/m0/s1. The van der Waals surface area contributed by atoms with Crippen LogP contribution in [0, 0.1) is 11.8 Å². The van der Waals surface area contributed by atoms with Gasteiger partial charge in [0, 0.05) is 55.6 Å². The van der Waals surface area contributed by atoms with E-state index in [1.807, 2.05) is 12.1 Å². The third-order valence-corrected chi connectivity index (χ3v) is 6.52. The third-order valence-electron chi connectivity index (χ3n) is 6.52. The average Bonchev–Trinajstić information content (AvgIpc) is 3.56. The van der Waals surface area contributed by atoms with Gasteiger partial charge in [0.2, 0.25) is 5.91 Å². The lowest BCUT2D eigenvalue weighted by Gasteiger charge is -2.36. The van der Waals surface area contributed by atoms with Crippen molar-refractivity contribution >= 4 is 23.2 Å². The van der Waals surface area contributed by atoms with Crippen molar-refractivity contribution in [1.82, 2.24) is 10.2 Å². The number of amides is 2. The van der Waals surface area contributed by atoms with Crippen molar-refractivity contribution in [1.29, 1.82) is 0 Å². The summed E-state index contributed by atoms with van der Waals surface area (Å²) in [6.07, 6.45) is 2.98. The van der Waals surface area contributed by atoms with Crippen LogP contribution in [0.3, 0.4) is 0 Å². The molecule has 0 aromatic heterocycles. The molecule has 0 bridgehead atoms. The molecular weight excluding hydrogens is 400 g/mol. The number of anilines is 2. The molecular formula is C26H34N4O2. The molecule has 1 heterocycles. The lowest BCUT2D eigenvalue weighted by Crippen LogP contribution is -2.46. The summed E-state index contributed by atoms with van der Waals surface area (Å²) in [7, 11) is 0. The van der Waals surface area contributed by atoms with Crippen LogP contribution in [0.2, 0.25) is 0 Å². The van der Waals surface area contributed by atoms with Crippen molar-refractivity contribution in [2.75, 3.05) is 49.5 Å². The molecule has 1 saturated heterocycles. The SMILES string of the molecule is C[C@H]1C[C@H]1C(=O)Nc1cccc(C(=O)NCCCCN2CCN(c3ccccc3)CC2)c1. The minimum Gasteiger partial charge on any atom is -0.369 e. The molecule has 0 unspecified atom stereocenters. The lowest BCUT2D eigenvalue weighted by molar-refractivity contribution is -0.117. The van der Waals surface area contributed by atoms with Gasteiger partial charge in [-0.1, -0.05) is 31.2 Å². The summed E-state index contributed by atoms with van der Waals surface area (Å²) in [6.45, 7) is 8.11. The number of carbonyl (C=O) groups is 2. The second kappa shape index (κ2) is 10.6. The van der Waals surface area contributed by atoms with Crippen molar-refractivity contribution in [2.45, 2.75) is 26.2 Å². The van der Waals surface area contributed by atoms with Gasteiger partial charge in [0.15, 0.2) is 0 Å². The minimum atomic E-state index is -0.0858. The van der Waals surface area contributed by atoms with Crippen molar-refractivity contribution in [3.63, 3.8) is 0 Å². The first-order valence-corrected chi connectivity index (χ1v) is 11.8. The molecule has 2 aromatic rings. The van der Waals surface area contributed by atoms with E-state index in [-0.39, 0.29) is 17.7 Å². The van der Waals surface area contributed by atoms with Crippen LogP contribution in [-0.2, 0) is 4.79 Å². The van der Waals surface area contributed by atoms with E-state index >= 15 is 0 Å². The Labute approximate surface area is 191 Å². The molecule has 6 heteroatoms. The predicted molar refractivity (Wildman–Crippen MR) is 129 cm³/mol. The highest BCUT2D eigenvalue weighted by Gasteiger charge is 2.39. The number of hydrogen-bond acceptors (Lipinski definition) is 4. The van der Waals surface area contributed by atoms with E-state index in [2.05, 4.69) is 57.7 Å². The van der Waals surface area contributed by atoms with Gasteiger partial charge in [-0.3, -0.25) is 14.5 Å². The van der Waals surface area contributed by atoms with E-state index in [0.717, 1.165) is 52.0 Å². The van der Waals surface area contributed by atoms with E-state index in [1.54, 1.807) is 12.1 Å². The zero-order valence-corrected chi connectivity index (χ0v) is 18.9. The van der Waals surface area contributed by atoms with Crippen molar-refractivity contribution in [3.8, 4) is 0 Å². The van der Waals surface area contributed by atoms with Gasteiger partial charge >= 0.3 is 0 Å². The number of benzene rings is 2. The van der Waals surface area contributed by atoms with Gasteiger partial charge in [-0.25, -0.2) is 0 Å². The zero-order valence-electron chi connectivity index (χ0n) is 18.9. The van der Waals surface area contributed by atoms with E-state index < -0.39 is 0 Å². The highest BCUT2D eigenvalue weighted by molar-refractivity contribution is 5.98. The van der Waals surface area contributed by atoms with Crippen LogP contribution in [0.4, 0.5) is 11.4 Å². The summed E-state index contributed by atoms with van der Waals surface area (Å²) in [6, 6.07) is 17.8. The molecule has 1 saturated carbocycles. The molecule has 32 heavy (non-hydrogen) atoms. The highest BCUT2D eigenvalue weighted by Crippen LogP contribution is 2.38. The molecule has 0 radical (unpaired) electrons. The van der Waals surface area contributed by atoms with E-state index in [0.29, 0.717) is 23.7 Å². The van der Waals surface area contributed by atoms with Crippen LogP contribution >= 0.6 is 0 Å². The Hall–Kier alpha value is -2.86. The second-order valence-corrected chi connectivity index (χ2v) is 9.02. The molecule has 2 aromatic carbocycles. The number of rotatable bonds is 9. The Morgan fingerprint density at radius 3 is 2.44 bits per heavy atom. The maximum absolute atomic E-state index is 12.5. The molecule has 2 atom stereocenters. The first-order valence-electron chi connectivity index (χ1n) is 11.8. The molecule has 4 rings (SSSR count).